The fourth-order valence-corrected chi connectivity index (χ4v) is 1.92. The zero-order valence-electron chi connectivity index (χ0n) is 9.03. The normalized spacial score (nSPS) is 12.2. The Hall–Kier alpha value is -1.42. The molecule has 1 rings (SSSR count). The fraction of sp³-hybridized carbons (Fsp3) is 0.364. The maximum absolute atomic E-state index is 11.0. The molecule has 88 valence electrons. The summed E-state index contributed by atoms with van der Waals surface area (Å²) in [6.45, 7) is 1.72. The van der Waals surface area contributed by atoms with Crippen LogP contribution in [0.1, 0.15) is 24.8 Å². The minimum Gasteiger partial charge on any atom is -0.508 e. The number of hydrogen-bond acceptors (Lipinski definition) is 3. The van der Waals surface area contributed by atoms with Gasteiger partial charge in [0.1, 0.15) is 11.5 Å². The number of halogens is 1. The molecular weight excluding hydrogens is 232 g/mol. The summed E-state index contributed by atoms with van der Waals surface area (Å²) in [4.78, 5) is 11.0. The van der Waals surface area contributed by atoms with Crippen LogP contribution >= 0.6 is 11.6 Å². The minimum atomic E-state index is -1.02. The quantitative estimate of drug-likeness (QED) is 0.855. The van der Waals surface area contributed by atoms with Gasteiger partial charge in [-0.1, -0.05) is 18.5 Å². The summed E-state index contributed by atoms with van der Waals surface area (Å²) in [6.07, 6.45) is 0.343. The molecule has 0 heterocycles. The van der Waals surface area contributed by atoms with Gasteiger partial charge in [0.2, 0.25) is 0 Å². The Kier molecular flexibility index (Phi) is 4.01. The molecule has 0 saturated heterocycles. The fourth-order valence-electron chi connectivity index (χ4n) is 1.55. The molecule has 1 aromatic carbocycles. The molecule has 1 aromatic rings. The highest BCUT2D eigenvalue weighted by atomic mass is 35.5. The van der Waals surface area contributed by atoms with E-state index in [2.05, 4.69) is 0 Å². The van der Waals surface area contributed by atoms with Gasteiger partial charge in [-0.15, -0.1) is 0 Å². The summed E-state index contributed by atoms with van der Waals surface area (Å²) in [5, 5.41) is 18.8. The molecule has 2 N–H and O–H groups in total. The lowest BCUT2D eigenvalue weighted by Crippen LogP contribution is -2.11. The summed E-state index contributed by atoms with van der Waals surface area (Å²) >= 11 is 5.98. The number of aliphatic carboxylic acids is 1. The molecule has 0 bridgehead atoms. The third kappa shape index (κ3) is 2.22. The lowest BCUT2D eigenvalue weighted by molar-refractivity contribution is -0.138. The van der Waals surface area contributed by atoms with E-state index < -0.39 is 11.9 Å². The molecule has 1 unspecified atom stereocenters. The van der Waals surface area contributed by atoms with E-state index in [1.54, 1.807) is 6.92 Å². The van der Waals surface area contributed by atoms with Crippen LogP contribution in [0.15, 0.2) is 12.1 Å². The van der Waals surface area contributed by atoms with Crippen molar-refractivity contribution in [2.75, 3.05) is 7.11 Å². The topological polar surface area (TPSA) is 66.8 Å². The van der Waals surface area contributed by atoms with Gasteiger partial charge in [0, 0.05) is 5.56 Å². The van der Waals surface area contributed by atoms with E-state index in [1.807, 2.05) is 0 Å². The van der Waals surface area contributed by atoms with Crippen molar-refractivity contribution in [3.8, 4) is 11.5 Å². The molecule has 0 aromatic heterocycles. The second-order valence-corrected chi connectivity index (χ2v) is 3.69. The van der Waals surface area contributed by atoms with Gasteiger partial charge >= 0.3 is 5.97 Å². The van der Waals surface area contributed by atoms with Gasteiger partial charge < -0.3 is 14.9 Å². The number of carboxylic acids is 1. The first-order valence-corrected chi connectivity index (χ1v) is 5.18. The Morgan fingerprint density at radius 2 is 2.19 bits per heavy atom. The first kappa shape index (κ1) is 12.6. The van der Waals surface area contributed by atoms with Gasteiger partial charge in [-0.2, -0.15) is 0 Å². The van der Waals surface area contributed by atoms with Crippen LogP contribution in [0.5, 0.6) is 11.5 Å². The summed E-state index contributed by atoms with van der Waals surface area (Å²) in [6, 6.07) is 2.88. The summed E-state index contributed by atoms with van der Waals surface area (Å²) in [7, 11) is 1.43. The highest BCUT2D eigenvalue weighted by Gasteiger charge is 2.25. The number of rotatable bonds is 4. The van der Waals surface area contributed by atoms with Gasteiger partial charge in [0.25, 0.3) is 0 Å². The van der Waals surface area contributed by atoms with E-state index in [9.17, 15) is 9.90 Å². The monoisotopic (exact) mass is 244 g/mol. The third-order valence-corrected chi connectivity index (χ3v) is 2.79. The number of carbonyl (C=O) groups is 1. The Morgan fingerprint density at radius 3 is 2.62 bits per heavy atom. The Bertz CT molecular complexity index is 403. The second kappa shape index (κ2) is 5.07. The lowest BCUT2D eigenvalue weighted by Gasteiger charge is -2.15. The number of hydrogen-bond donors (Lipinski definition) is 2. The van der Waals surface area contributed by atoms with Crippen LogP contribution in [0.4, 0.5) is 0 Å². The first-order valence-electron chi connectivity index (χ1n) is 4.81. The number of phenolic OH excluding ortho intramolecular Hbond substituents is 1. The maximum atomic E-state index is 11.0. The van der Waals surface area contributed by atoms with Crippen molar-refractivity contribution in [1.29, 1.82) is 0 Å². The first-order chi connectivity index (χ1) is 7.52. The van der Waals surface area contributed by atoms with Crippen LogP contribution in [-0.2, 0) is 4.79 Å². The minimum absolute atomic E-state index is 0.125. The van der Waals surface area contributed by atoms with Crippen LogP contribution in [-0.4, -0.2) is 23.3 Å². The molecule has 0 aliphatic carbocycles. The standard InChI is InChI=1S/C11H13ClO4/c1-3-6(11(14)15)9-7(13)4-5-8(16-2)10(9)12/h4-6,13H,3H2,1-2H3,(H,14,15). The van der Waals surface area contributed by atoms with Crippen molar-refractivity contribution in [2.45, 2.75) is 19.3 Å². The predicted molar refractivity (Wildman–Crippen MR) is 60.3 cm³/mol. The molecule has 0 saturated carbocycles. The van der Waals surface area contributed by atoms with Gasteiger partial charge in [0.05, 0.1) is 18.1 Å². The van der Waals surface area contributed by atoms with Crippen LogP contribution in [0.2, 0.25) is 5.02 Å². The van der Waals surface area contributed by atoms with Crippen molar-refractivity contribution in [3.05, 3.63) is 22.7 Å². The summed E-state index contributed by atoms with van der Waals surface area (Å²) < 4.78 is 4.98. The Labute approximate surface area is 98.4 Å². The SMILES string of the molecule is CCC(C(=O)O)c1c(O)ccc(OC)c1Cl. The van der Waals surface area contributed by atoms with E-state index in [-0.39, 0.29) is 16.3 Å². The molecule has 0 aliphatic rings. The Balaban J connectivity index is 3.35. The van der Waals surface area contributed by atoms with Crippen LogP contribution in [0.3, 0.4) is 0 Å². The molecule has 4 nitrogen and oxygen atoms in total. The van der Waals surface area contributed by atoms with Gasteiger partial charge in [-0.25, -0.2) is 0 Å². The van der Waals surface area contributed by atoms with Crippen LogP contribution < -0.4 is 4.74 Å². The van der Waals surface area contributed by atoms with E-state index in [0.29, 0.717) is 12.2 Å². The highest BCUT2D eigenvalue weighted by Crippen LogP contribution is 2.40. The largest absolute Gasteiger partial charge is 0.508 e. The number of aromatic hydroxyl groups is 1. The summed E-state index contributed by atoms with van der Waals surface area (Å²) in [5.41, 5.74) is 0.205. The van der Waals surface area contributed by atoms with Crippen molar-refractivity contribution < 1.29 is 19.7 Å². The molecule has 0 spiro atoms. The Morgan fingerprint density at radius 1 is 1.56 bits per heavy atom. The van der Waals surface area contributed by atoms with Gasteiger partial charge in [-0.3, -0.25) is 4.79 Å². The zero-order chi connectivity index (χ0) is 12.3. The van der Waals surface area contributed by atoms with Gasteiger partial charge in [-0.05, 0) is 18.6 Å². The lowest BCUT2D eigenvalue weighted by atomic mass is 9.95. The maximum Gasteiger partial charge on any atom is 0.311 e. The molecular formula is C11H13ClO4. The molecule has 5 heteroatoms. The predicted octanol–water partition coefficient (Wildman–Crippen LogP) is 2.63. The number of ether oxygens (including phenoxy) is 1. The number of phenols is 1. The smallest absolute Gasteiger partial charge is 0.311 e. The van der Waals surface area contributed by atoms with Crippen molar-refractivity contribution in [2.24, 2.45) is 0 Å². The molecule has 0 fully saturated rings. The average molecular weight is 245 g/mol. The molecule has 0 aliphatic heterocycles. The van der Waals surface area contributed by atoms with Crippen molar-refractivity contribution >= 4 is 17.6 Å². The molecule has 1 atom stereocenters. The zero-order valence-corrected chi connectivity index (χ0v) is 9.78. The summed E-state index contributed by atoms with van der Waals surface area (Å²) in [5.74, 6) is -1.62. The van der Waals surface area contributed by atoms with Gasteiger partial charge in [0.15, 0.2) is 0 Å². The molecule has 0 radical (unpaired) electrons. The number of benzene rings is 1. The second-order valence-electron chi connectivity index (χ2n) is 3.31. The van der Waals surface area contributed by atoms with Crippen LogP contribution in [0, 0.1) is 0 Å². The van der Waals surface area contributed by atoms with E-state index in [4.69, 9.17) is 21.4 Å². The number of carboxylic acid groups (broad SMARTS) is 1. The van der Waals surface area contributed by atoms with Crippen molar-refractivity contribution in [1.82, 2.24) is 0 Å². The molecule has 16 heavy (non-hydrogen) atoms. The highest BCUT2D eigenvalue weighted by molar-refractivity contribution is 6.33. The van der Waals surface area contributed by atoms with E-state index in [1.165, 1.54) is 19.2 Å². The average Bonchev–Trinajstić information content (AvgIpc) is 2.23. The molecule has 0 amide bonds. The van der Waals surface area contributed by atoms with Crippen LogP contribution in [0.25, 0.3) is 0 Å². The van der Waals surface area contributed by atoms with E-state index in [0.717, 1.165) is 0 Å². The van der Waals surface area contributed by atoms with E-state index >= 15 is 0 Å². The third-order valence-electron chi connectivity index (χ3n) is 2.40. The van der Waals surface area contributed by atoms with Crippen molar-refractivity contribution in [3.63, 3.8) is 0 Å². The number of methoxy groups -OCH3 is 1.